The lowest BCUT2D eigenvalue weighted by Crippen LogP contribution is -2.16. The Balaban J connectivity index is 1.86. The number of anilines is 1. The minimum Gasteiger partial charge on any atom is -0.321 e. The second-order valence-electron chi connectivity index (χ2n) is 4.52. The lowest BCUT2D eigenvalue weighted by Gasteiger charge is -2.07. The number of aromatic nitrogens is 3. The van der Waals surface area contributed by atoms with Gasteiger partial charge >= 0.3 is 0 Å². The summed E-state index contributed by atoms with van der Waals surface area (Å²) in [5, 5.41) is 6.83. The van der Waals surface area contributed by atoms with Gasteiger partial charge in [0.15, 0.2) is 11.4 Å². The van der Waals surface area contributed by atoms with Crippen molar-refractivity contribution >= 4 is 23.0 Å². The third-order valence-electron chi connectivity index (χ3n) is 3.07. The van der Waals surface area contributed by atoms with Crippen LogP contribution in [0.5, 0.6) is 0 Å². The molecule has 1 aromatic carbocycles. The van der Waals surface area contributed by atoms with Crippen LogP contribution >= 0.6 is 0 Å². The Kier molecular flexibility index (Phi) is 3.19. The molecule has 6 heteroatoms. The first-order valence-corrected chi connectivity index (χ1v) is 6.36. The standard InChI is InChI=1S/C15H12N4O2/c1-10(20)11-2-4-12(5-3-11)18-15(21)13-6-8-16-14-7-9-17-19(13)14/h2-9H,1H3,(H,18,21). The molecule has 1 amide bonds. The van der Waals surface area contributed by atoms with E-state index < -0.39 is 0 Å². The molecule has 0 fully saturated rings. The molecule has 6 nitrogen and oxygen atoms in total. The number of ketones is 1. The highest BCUT2D eigenvalue weighted by molar-refractivity contribution is 6.03. The molecule has 104 valence electrons. The first-order valence-electron chi connectivity index (χ1n) is 6.36. The molecule has 0 saturated heterocycles. The number of benzene rings is 1. The Labute approximate surface area is 120 Å². The molecule has 21 heavy (non-hydrogen) atoms. The van der Waals surface area contributed by atoms with Gasteiger partial charge in [-0.2, -0.15) is 5.10 Å². The lowest BCUT2D eigenvalue weighted by atomic mass is 10.1. The van der Waals surface area contributed by atoms with E-state index in [1.807, 2.05) is 0 Å². The highest BCUT2D eigenvalue weighted by atomic mass is 16.2. The molecule has 1 N–H and O–H groups in total. The Morgan fingerprint density at radius 2 is 1.81 bits per heavy atom. The van der Waals surface area contributed by atoms with Crippen molar-refractivity contribution in [1.82, 2.24) is 14.6 Å². The smallest absolute Gasteiger partial charge is 0.274 e. The lowest BCUT2D eigenvalue weighted by molar-refractivity contribution is 0.101. The van der Waals surface area contributed by atoms with Gasteiger partial charge in [0.25, 0.3) is 5.91 Å². The second kappa shape index (κ2) is 5.16. The van der Waals surface area contributed by atoms with Crippen LogP contribution in [0, 0.1) is 0 Å². The Hall–Kier alpha value is -3.02. The average Bonchev–Trinajstić information content (AvgIpc) is 2.96. The molecule has 0 unspecified atom stereocenters. The molecule has 3 aromatic rings. The van der Waals surface area contributed by atoms with Crippen LogP contribution < -0.4 is 5.32 Å². The third kappa shape index (κ3) is 2.51. The summed E-state index contributed by atoms with van der Waals surface area (Å²) in [5.74, 6) is -0.304. The van der Waals surface area contributed by atoms with Crippen molar-refractivity contribution in [3.05, 3.63) is 60.0 Å². The van der Waals surface area contributed by atoms with Gasteiger partial charge in [-0.3, -0.25) is 9.59 Å². The highest BCUT2D eigenvalue weighted by Crippen LogP contribution is 2.12. The minimum atomic E-state index is -0.290. The summed E-state index contributed by atoms with van der Waals surface area (Å²) < 4.78 is 1.47. The summed E-state index contributed by atoms with van der Waals surface area (Å²) in [6.45, 7) is 1.50. The summed E-state index contributed by atoms with van der Waals surface area (Å²) in [6, 6.07) is 10.0. The van der Waals surface area contributed by atoms with Gasteiger partial charge < -0.3 is 5.32 Å². The van der Waals surface area contributed by atoms with E-state index >= 15 is 0 Å². The summed E-state index contributed by atoms with van der Waals surface area (Å²) >= 11 is 0. The topological polar surface area (TPSA) is 76.4 Å². The van der Waals surface area contributed by atoms with Crippen LogP contribution in [0.1, 0.15) is 27.8 Å². The number of nitrogens with zero attached hydrogens (tertiary/aromatic N) is 3. The van der Waals surface area contributed by atoms with Crippen LogP contribution in [-0.2, 0) is 0 Å². The fourth-order valence-electron chi connectivity index (χ4n) is 1.99. The van der Waals surface area contributed by atoms with Gasteiger partial charge in [0, 0.05) is 23.5 Å². The molecule has 2 aromatic heterocycles. The van der Waals surface area contributed by atoms with E-state index in [9.17, 15) is 9.59 Å². The van der Waals surface area contributed by atoms with Gasteiger partial charge in [0.1, 0.15) is 5.69 Å². The van der Waals surface area contributed by atoms with E-state index in [0.29, 0.717) is 22.6 Å². The van der Waals surface area contributed by atoms with Crippen molar-refractivity contribution < 1.29 is 9.59 Å². The number of carbonyl (C=O) groups is 2. The SMILES string of the molecule is CC(=O)c1ccc(NC(=O)c2ccnc3ccnn23)cc1. The number of rotatable bonds is 3. The quantitative estimate of drug-likeness (QED) is 0.746. The van der Waals surface area contributed by atoms with Crippen molar-refractivity contribution in [1.29, 1.82) is 0 Å². The maximum absolute atomic E-state index is 12.3. The van der Waals surface area contributed by atoms with Gasteiger partial charge in [0.05, 0.1) is 6.20 Å². The Morgan fingerprint density at radius 1 is 1.05 bits per heavy atom. The molecule has 0 aliphatic carbocycles. The largest absolute Gasteiger partial charge is 0.321 e. The molecule has 0 bridgehead atoms. The molecule has 2 heterocycles. The van der Waals surface area contributed by atoms with E-state index in [4.69, 9.17) is 0 Å². The van der Waals surface area contributed by atoms with Gasteiger partial charge in [-0.1, -0.05) is 0 Å². The van der Waals surface area contributed by atoms with E-state index in [1.54, 1.807) is 48.8 Å². The Bertz CT molecular complexity index is 821. The number of hydrogen-bond acceptors (Lipinski definition) is 4. The maximum Gasteiger partial charge on any atom is 0.274 e. The molecule has 0 aliphatic heterocycles. The zero-order valence-corrected chi connectivity index (χ0v) is 11.3. The molecular formula is C15H12N4O2. The van der Waals surface area contributed by atoms with Crippen LogP contribution in [0.4, 0.5) is 5.69 Å². The molecule has 0 aliphatic rings. The average molecular weight is 280 g/mol. The van der Waals surface area contributed by atoms with Crippen molar-refractivity contribution in [2.24, 2.45) is 0 Å². The molecule has 0 saturated carbocycles. The van der Waals surface area contributed by atoms with Crippen molar-refractivity contribution in [2.45, 2.75) is 6.92 Å². The van der Waals surface area contributed by atoms with E-state index in [-0.39, 0.29) is 11.7 Å². The van der Waals surface area contributed by atoms with Crippen molar-refractivity contribution in [2.75, 3.05) is 5.32 Å². The molecular weight excluding hydrogens is 268 g/mol. The molecule has 0 radical (unpaired) electrons. The highest BCUT2D eigenvalue weighted by Gasteiger charge is 2.11. The first-order chi connectivity index (χ1) is 10.1. The zero-order valence-electron chi connectivity index (χ0n) is 11.3. The number of Topliss-reactive ketones (excluding diaryl/α,β-unsaturated/α-hetero) is 1. The van der Waals surface area contributed by atoms with Crippen molar-refractivity contribution in [3.8, 4) is 0 Å². The molecule has 0 atom stereocenters. The van der Waals surface area contributed by atoms with Gasteiger partial charge in [0.2, 0.25) is 0 Å². The molecule has 3 rings (SSSR count). The minimum absolute atomic E-state index is 0.0136. The summed E-state index contributed by atoms with van der Waals surface area (Å²) in [5.41, 5.74) is 2.21. The van der Waals surface area contributed by atoms with E-state index in [0.717, 1.165) is 0 Å². The third-order valence-corrected chi connectivity index (χ3v) is 3.07. The maximum atomic E-state index is 12.3. The fourth-order valence-corrected chi connectivity index (χ4v) is 1.99. The van der Waals surface area contributed by atoms with Crippen LogP contribution in [0.3, 0.4) is 0 Å². The fraction of sp³-hybridized carbons (Fsp3) is 0.0667. The normalized spacial score (nSPS) is 10.5. The predicted molar refractivity (Wildman–Crippen MR) is 77.4 cm³/mol. The van der Waals surface area contributed by atoms with Crippen LogP contribution in [0.15, 0.2) is 48.8 Å². The predicted octanol–water partition coefficient (Wildman–Crippen LogP) is 2.18. The van der Waals surface area contributed by atoms with Gasteiger partial charge in [-0.15, -0.1) is 0 Å². The van der Waals surface area contributed by atoms with E-state index in [1.165, 1.54) is 11.4 Å². The first kappa shape index (κ1) is 13.0. The zero-order chi connectivity index (χ0) is 14.8. The monoisotopic (exact) mass is 280 g/mol. The summed E-state index contributed by atoms with van der Waals surface area (Å²) in [4.78, 5) is 27.6. The second-order valence-corrected chi connectivity index (χ2v) is 4.52. The van der Waals surface area contributed by atoms with Gasteiger partial charge in [-0.25, -0.2) is 9.50 Å². The van der Waals surface area contributed by atoms with Crippen LogP contribution in [0.25, 0.3) is 5.65 Å². The number of carbonyl (C=O) groups excluding carboxylic acids is 2. The van der Waals surface area contributed by atoms with Crippen LogP contribution in [-0.4, -0.2) is 26.3 Å². The number of amides is 1. The number of nitrogens with one attached hydrogen (secondary N) is 1. The van der Waals surface area contributed by atoms with E-state index in [2.05, 4.69) is 15.4 Å². The van der Waals surface area contributed by atoms with Crippen LogP contribution in [0.2, 0.25) is 0 Å². The number of fused-ring (bicyclic) bond motifs is 1. The van der Waals surface area contributed by atoms with Gasteiger partial charge in [-0.05, 0) is 37.3 Å². The molecule has 0 spiro atoms. The number of hydrogen-bond donors (Lipinski definition) is 1. The summed E-state index contributed by atoms with van der Waals surface area (Å²) in [7, 11) is 0. The summed E-state index contributed by atoms with van der Waals surface area (Å²) in [6.07, 6.45) is 3.14. The van der Waals surface area contributed by atoms with Crippen molar-refractivity contribution in [3.63, 3.8) is 0 Å². The Morgan fingerprint density at radius 3 is 2.52 bits per heavy atom.